The monoisotopic (exact) mass is 241 g/mol. The van der Waals surface area contributed by atoms with Gasteiger partial charge in [-0.25, -0.2) is 0 Å². The molecule has 4 nitrogen and oxygen atoms in total. The molecule has 0 amide bonds. The summed E-state index contributed by atoms with van der Waals surface area (Å²) in [4.78, 5) is 24.8. The largest absolute Gasteiger partial charge is 0.480 e. The summed E-state index contributed by atoms with van der Waals surface area (Å²) >= 11 is 0. The summed E-state index contributed by atoms with van der Waals surface area (Å²) in [6.45, 7) is 5.29. The van der Waals surface area contributed by atoms with Gasteiger partial charge in [0.25, 0.3) is 0 Å². The molecule has 0 saturated carbocycles. The summed E-state index contributed by atoms with van der Waals surface area (Å²) in [7, 11) is 0. The van der Waals surface area contributed by atoms with Crippen LogP contribution in [0.2, 0.25) is 0 Å². The lowest BCUT2D eigenvalue weighted by atomic mass is 9.92. The zero-order chi connectivity index (χ0) is 12.8. The highest BCUT2D eigenvalue weighted by Gasteiger charge is 2.32. The van der Waals surface area contributed by atoms with Gasteiger partial charge in [0.2, 0.25) is 0 Å². The molecule has 1 saturated heterocycles. The van der Waals surface area contributed by atoms with Crippen molar-refractivity contribution in [1.29, 1.82) is 0 Å². The number of ketones is 1. The molecule has 17 heavy (non-hydrogen) atoms. The SMILES string of the molecule is CCCCC(C(=O)O)N1CCC(=O)C(CC)C1. The molecule has 1 fully saturated rings. The van der Waals surface area contributed by atoms with Crippen LogP contribution in [-0.4, -0.2) is 40.9 Å². The Kier molecular flexibility index (Phi) is 5.62. The van der Waals surface area contributed by atoms with Crippen LogP contribution in [0.3, 0.4) is 0 Å². The van der Waals surface area contributed by atoms with Crippen molar-refractivity contribution in [2.75, 3.05) is 13.1 Å². The summed E-state index contributed by atoms with van der Waals surface area (Å²) in [5.74, 6) is -0.418. The van der Waals surface area contributed by atoms with Crippen molar-refractivity contribution in [1.82, 2.24) is 4.90 Å². The molecule has 98 valence electrons. The Hall–Kier alpha value is -0.900. The molecule has 0 aromatic carbocycles. The molecule has 0 aromatic heterocycles. The Balaban J connectivity index is 2.61. The topological polar surface area (TPSA) is 57.6 Å². The number of rotatable bonds is 6. The number of carbonyl (C=O) groups is 2. The molecule has 1 aliphatic rings. The molecule has 0 aromatic rings. The first-order chi connectivity index (χ1) is 8.10. The third kappa shape index (κ3) is 3.80. The number of carbonyl (C=O) groups excluding carboxylic acids is 1. The molecule has 4 heteroatoms. The van der Waals surface area contributed by atoms with Gasteiger partial charge in [-0.05, 0) is 12.8 Å². The molecular formula is C13H23NO3. The minimum Gasteiger partial charge on any atom is -0.480 e. The zero-order valence-electron chi connectivity index (χ0n) is 10.8. The number of likely N-dealkylation sites (tertiary alicyclic amines) is 1. The van der Waals surface area contributed by atoms with E-state index in [2.05, 4.69) is 6.92 Å². The van der Waals surface area contributed by atoms with Gasteiger partial charge in [0.05, 0.1) is 0 Å². The molecule has 0 aliphatic carbocycles. The standard InChI is InChI=1S/C13H23NO3/c1-3-5-6-11(13(16)17)14-8-7-12(15)10(4-2)9-14/h10-11H,3-9H2,1-2H3,(H,16,17). The lowest BCUT2D eigenvalue weighted by molar-refractivity contribution is -0.146. The number of piperidine rings is 1. The molecule has 0 radical (unpaired) electrons. The minimum atomic E-state index is -0.748. The molecule has 1 N–H and O–H groups in total. The van der Waals surface area contributed by atoms with Gasteiger partial charge in [0.1, 0.15) is 11.8 Å². The highest BCUT2D eigenvalue weighted by Crippen LogP contribution is 2.20. The van der Waals surface area contributed by atoms with Crippen molar-refractivity contribution in [3.05, 3.63) is 0 Å². The number of carboxylic acid groups (broad SMARTS) is 1. The van der Waals surface area contributed by atoms with E-state index in [9.17, 15) is 14.7 Å². The lowest BCUT2D eigenvalue weighted by Crippen LogP contribution is -2.49. The second kappa shape index (κ2) is 6.74. The van der Waals surface area contributed by atoms with Crippen LogP contribution in [-0.2, 0) is 9.59 Å². The third-order valence-electron chi connectivity index (χ3n) is 3.61. The zero-order valence-corrected chi connectivity index (χ0v) is 10.8. The molecule has 2 unspecified atom stereocenters. The average Bonchev–Trinajstić information content (AvgIpc) is 2.31. The van der Waals surface area contributed by atoms with E-state index in [-0.39, 0.29) is 5.92 Å². The van der Waals surface area contributed by atoms with Crippen molar-refractivity contribution in [2.24, 2.45) is 5.92 Å². The third-order valence-corrected chi connectivity index (χ3v) is 3.61. The van der Waals surface area contributed by atoms with Crippen molar-refractivity contribution in [3.63, 3.8) is 0 Å². The highest BCUT2D eigenvalue weighted by molar-refractivity contribution is 5.82. The van der Waals surface area contributed by atoms with Crippen LogP contribution in [0.1, 0.15) is 46.0 Å². The van der Waals surface area contributed by atoms with E-state index in [0.717, 1.165) is 19.3 Å². The van der Waals surface area contributed by atoms with Crippen molar-refractivity contribution >= 4 is 11.8 Å². The molecule has 1 heterocycles. The van der Waals surface area contributed by atoms with Crippen LogP contribution in [0.25, 0.3) is 0 Å². The van der Waals surface area contributed by atoms with Crippen LogP contribution >= 0.6 is 0 Å². The molecule has 2 atom stereocenters. The van der Waals surface area contributed by atoms with E-state index < -0.39 is 12.0 Å². The smallest absolute Gasteiger partial charge is 0.320 e. The summed E-state index contributed by atoms with van der Waals surface area (Å²) in [5, 5.41) is 9.25. The molecule has 0 spiro atoms. The average molecular weight is 241 g/mol. The Morgan fingerprint density at radius 1 is 1.53 bits per heavy atom. The number of hydrogen-bond acceptors (Lipinski definition) is 3. The highest BCUT2D eigenvalue weighted by atomic mass is 16.4. The fourth-order valence-electron chi connectivity index (χ4n) is 2.43. The fraction of sp³-hybridized carbons (Fsp3) is 0.846. The van der Waals surface area contributed by atoms with Gasteiger partial charge in [-0.3, -0.25) is 14.5 Å². The van der Waals surface area contributed by atoms with E-state index in [4.69, 9.17) is 0 Å². The minimum absolute atomic E-state index is 0.0345. The van der Waals surface area contributed by atoms with Crippen molar-refractivity contribution < 1.29 is 14.7 Å². The number of unbranched alkanes of at least 4 members (excludes halogenated alkanes) is 1. The Morgan fingerprint density at radius 2 is 2.24 bits per heavy atom. The van der Waals surface area contributed by atoms with Gasteiger partial charge in [-0.15, -0.1) is 0 Å². The molecule has 1 rings (SSSR count). The first-order valence-corrected chi connectivity index (χ1v) is 6.59. The van der Waals surface area contributed by atoms with Gasteiger partial charge in [0.15, 0.2) is 0 Å². The number of Topliss-reactive ketones (excluding diaryl/α,β-unsaturated/α-hetero) is 1. The van der Waals surface area contributed by atoms with Crippen molar-refractivity contribution in [2.45, 2.75) is 52.0 Å². The quantitative estimate of drug-likeness (QED) is 0.772. The van der Waals surface area contributed by atoms with E-state index in [1.54, 1.807) is 0 Å². The fourth-order valence-corrected chi connectivity index (χ4v) is 2.43. The Labute approximate surface area is 103 Å². The lowest BCUT2D eigenvalue weighted by Gasteiger charge is -2.35. The molecule has 0 bridgehead atoms. The molecule has 1 aliphatic heterocycles. The van der Waals surface area contributed by atoms with Gasteiger partial charge in [-0.1, -0.05) is 26.7 Å². The maximum Gasteiger partial charge on any atom is 0.320 e. The predicted molar refractivity (Wildman–Crippen MR) is 65.9 cm³/mol. The van der Waals surface area contributed by atoms with Crippen LogP contribution < -0.4 is 0 Å². The maximum absolute atomic E-state index is 11.6. The van der Waals surface area contributed by atoms with Crippen LogP contribution in [0.15, 0.2) is 0 Å². The number of carboxylic acids is 1. The second-order valence-electron chi connectivity index (χ2n) is 4.81. The van der Waals surface area contributed by atoms with E-state index in [1.807, 2.05) is 11.8 Å². The van der Waals surface area contributed by atoms with Crippen LogP contribution in [0.4, 0.5) is 0 Å². The first-order valence-electron chi connectivity index (χ1n) is 6.59. The predicted octanol–water partition coefficient (Wildman–Crippen LogP) is 1.93. The summed E-state index contributed by atoms with van der Waals surface area (Å²) in [6.07, 6.45) is 3.95. The van der Waals surface area contributed by atoms with E-state index in [0.29, 0.717) is 31.7 Å². The Bertz CT molecular complexity index is 278. The van der Waals surface area contributed by atoms with Gasteiger partial charge >= 0.3 is 5.97 Å². The van der Waals surface area contributed by atoms with Crippen LogP contribution in [0.5, 0.6) is 0 Å². The first kappa shape index (κ1) is 14.2. The van der Waals surface area contributed by atoms with E-state index in [1.165, 1.54) is 0 Å². The number of hydrogen-bond donors (Lipinski definition) is 1. The summed E-state index contributed by atoms with van der Waals surface area (Å²) in [6, 6.07) is -0.405. The normalized spacial score (nSPS) is 23.6. The summed E-state index contributed by atoms with van der Waals surface area (Å²) < 4.78 is 0. The van der Waals surface area contributed by atoms with Gasteiger partial charge in [0, 0.05) is 25.4 Å². The number of nitrogens with zero attached hydrogens (tertiary/aromatic N) is 1. The van der Waals surface area contributed by atoms with E-state index >= 15 is 0 Å². The van der Waals surface area contributed by atoms with Crippen LogP contribution in [0, 0.1) is 5.92 Å². The second-order valence-corrected chi connectivity index (χ2v) is 4.81. The number of aliphatic carboxylic acids is 1. The maximum atomic E-state index is 11.6. The van der Waals surface area contributed by atoms with Crippen molar-refractivity contribution in [3.8, 4) is 0 Å². The Morgan fingerprint density at radius 3 is 2.76 bits per heavy atom. The van der Waals surface area contributed by atoms with Gasteiger partial charge < -0.3 is 5.11 Å². The molecular weight excluding hydrogens is 218 g/mol. The van der Waals surface area contributed by atoms with Gasteiger partial charge in [-0.2, -0.15) is 0 Å². The summed E-state index contributed by atoms with van der Waals surface area (Å²) in [5.41, 5.74) is 0.